The summed E-state index contributed by atoms with van der Waals surface area (Å²) >= 11 is 0. The first-order valence-electron chi connectivity index (χ1n) is 9.37. The maximum atomic E-state index is 11.9. The van der Waals surface area contributed by atoms with Gasteiger partial charge < -0.3 is 19.9 Å². The Hall–Kier alpha value is -1.51. The Morgan fingerprint density at radius 3 is 2.41 bits per heavy atom. The molecule has 1 aliphatic rings. The highest BCUT2D eigenvalue weighted by atomic mass is 127. The summed E-state index contributed by atoms with van der Waals surface area (Å²) in [6.45, 7) is 3.48. The highest BCUT2D eigenvalue weighted by Gasteiger charge is 2.18. The Bertz CT molecular complexity index is 599. The van der Waals surface area contributed by atoms with Crippen molar-refractivity contribution < 1.29 is 9.53 Å². The number of hydrogen-bond donors (Lipinski definition) is 1. The zero-order valence-corrected chi connectivity index (χ0v) is 19.2. The Morgan fingerprint density at radius 1 is 1.19 bits per heavy atom. The van der Waals surface area contributed by atoms with E-state index in [4.69, 9.17) is 4.74 Å². The molecule has 0 aliphatic heterocycles. The average molecular weight is 488 g/mol. The highest BCUT2D eigenvalue weighted by molar-refractivity contribution is 14.0. The quantitative estimate of drug-likeness (QED) is 0.365. The van der Waals surface area contributed by atoms with Crippen LogP contribution in [-0.4, -0.2) is 68.5 Å². The molecule has 1 amide bonds. The second kappa shape index (κ2) is 12.0. The molecule has 7 heteroatoms. The summed E-state index contributed by atoms with van der Waals surface area (Å²) in [4.78, 5) is 20.0. The van der Waals surface area contributed by atoms with Crippen LogP contribution < -0.4 is 10.1 Å². The minimum atomic E-state index is 0. The van der Waals surface area contributed by atoms with Crippen LogP contribution >= 0.6 is 24.0 Å². The molecular formula is C20H33IN4O2. The van der Waals surface area contributed by atoms with Crippen molar-refractivity contribution in [2.24, 2.45) is 4.99 Å². The van der Waals surface area contributed by atoms with Gasteiger partial charge >= 0.3 is 0 Å². The molecule has 1 saturated carbocycles. The number of ether oxygens (including phenoxy) is 1. The Morgan fingerprint density at radius 2 is 1.81 bits per heavy atom. The van der Waals surface area contributed by atoms with Crippen LogP contribution in [0.5, 0.6) is 5.75 Å². The number of carbonyl (C=O) groups is 1. The van der Waals surface area contributed by atoms with Crippen molar-refractivity contribution in [3.63, 3.8) is 0 Å². The van der Waals surface area contributed by atoms with Crippen molar-refractivity contribution in [2.45, 2.75) is 38.6 Å². The van der Waals surface area contributed by atoms with Crippen molar-refractivity contribution in [1.29, 1.82) is 0 Å². The predicted octanol–water partition coefficient (Wildman–Crippen LogP) is 2.90. The summed E-state index contributed by atoms with van der Waals surface area (Å²) in [7, 11) is 5.49. The van der Waals surface area contributed by atoms with Gasteiger partial charge in [0, 0.05) is 27.2 Å². The first-order valence-corrected chi connectivity index (χ1v) is 9.37. The zero-order chi connectivity index (χ0) is 18.9. The van der Waals surface area contributed by atoms with Gasteiger partial charge in [0.05, 0.1) is 6.54 Å². The molecule has 27 heavy (non-hydrogen) atoms. The van der Waals surface area contributed by atoms with Crippen LogP contribution in [0, 0.1) is 6.92 Å². The molecule has 1 aromatic carbocycles. The van der Waals surface area contributed by atoms with Gasteiger partial charge in [-0.05, 0) is 31.9 Å². The fourth-order valence-corrected chi connectivity index (χ4v) is 2.85. The van der Waals surface area contributed by atoms with Crippen molar-refractivity contribution >= 4 is 35.8 Å². The standard InChI is InChI=1S/C20H32N4O2.HI/c1-16-9-11-18(12-10-16)26-14-13-24(4)20(21-15-19(25)23(2)3)22-17-7-5-6-8-17;/h9-12,17H,5-8,13-15H2,1-4H3,(H,21,22);1H. The van der Waals surface area contributed by atoms with Gasteiger partial charge in [0.1, 0.15) is 18.9 Å². The molecule has 0 heterocycles. The maximum Gasteiger partial charge on any atom is 0.243 e. The first kappa shape index (κ1) is 23.5. The molecular weight excluding hydrogens is 455 g/mol. The number of aryl methyl sites for hydroxylation is 1. The van der Waals surface area contributed by atoms with Crippen LogP contribution in [-0.2, 0) is 4.79 Å². The topological polar surface area (TPSA) is 57.2 Å². The normalized spacial score (nSPS) is 14.4. The van der Waals surface area contributed by atoms with E-state index in [1.54, 1.807) is 19.0 Å². The third-order valence-corrected chi connectivity index (χ3v) is 4.63. The van der Waals surface area contributed by atoms with Crippen LogP contribution in [0.2, 0.25) is 0 Å². The number of guanidine groups is 1. The van der Waals surface area contributed by atoms with Gasteiger partial charge in [-0.15, -0.1) is 24.0 Å². The lowest BCUT2D eigenvalue weighted by atomic mass is 10.2. The summed E-state index contributed by atoms with van der Waals surface area (Å²) in [5.74, 6) is 1.65. The van der Waals surface area contributed by atoms with Crippen LogP contribution in [0.4, 0.5) is 0 Å². The van der Waals surface area contributed by atoms with Gasteiger partial charge in [-0.1, -0.05) is 30.5 Å². The third kappa shape index (κ3) is 8.36. The number of hydrogen-bond acceptors (Lipinski definition) is 3. The minimum absolute atomic E-state index is 0. The van der Waals surface area contributed by atoms with E-state index in [2.05, 4.69) is 17.2 Å². The van der Waals surface area contributed by atoms with Gasteiger partial charge in [-0.2, -0.15) is 0 Å². The average Bonchev–Trinajstić information content (AvgIpc) is 3.12. The minimum Gasteiger partial charge on any atom is -0.492 e. The third-order valence-electron chi connectivity index (χ3n) is 4.63. The maximum absolute atomic E-state index is 11.9. The fourth-order valence-electron chi connectivity index (χ4n) is 2.85. The van der Waals surface area contributed by atoms with E-state index in [1.165, 1.54) is 18.4 Å². The molecule has 2 rings (SSSR count). The monoisotopic (exact) mass is 488 g/mol. The molecule has 1 fully saturated rings. The van der Waals surface area contributed by atoms with E-state index in [9.17, 15) is 4.79 Å². The van der Waals surface area contributed by atoms with Gasteiger partial charge in [0.25, 0.3) is 0 Å². The Kier molecular flexibility index (Phi) is 10.5. The molecule has 0 saturated heterocycles. The number of nitrogens with zero attached hydrogens (tertiary/aromatic N) is 3. The van der Waals surface area contributed by atoms with E-state index in [-0.39, 0.29) is 36.4 Å². The Labute approximate surface area is 180 Å². The summed E-state index contributed by atoms with van der Waals surface area (Å²) in [6, 6.07) is 8.50. The molecule has 0 atom stereocenters. The van der Waals surface area contributed by atoms with Gasteiger partial charge in [-0.25, -0.2) is 4.99 Å². The number of benzene rings is 1. The number of likely N-dealkylation sites (N-methyl/N-ethyl adjacent to an activating group) is 2. The SMILES string of the molecule is Cc1ccc(OCCN(C)C(=NCC(=O)N(C)C)NC2CCCC2)cc1.I. The number of rotatable bonds is 7. The van der Waals surface area contributed by atoms with Crippen LogP contribution in [0.15, 0.2) is 29.3 Å². The van der Waals surface area contributed by atoms with Crippen molar-refractivity contribution in [1.82, 2.24) is 15.1 Å². The molecule has 1 N–H and O–H groups in total. The molecule has 1 aliphatic carbocycles. The second-order valence-electron chi connectivity index (χ2n) is 7.14. The number of nitrogens with one attached hydrogen (secondary N) is 1. The molecule has 1 aromatic rings. The lowest BCUT2D eigenvalue weighted by Crippen LogP contribution is -2.45. The number of halogens is 1. The number of carbonyl (C=O) groups excluding carboxylic acids is 1. The summed E-state index contributed by atoms with van der Waals surface area (Å²) in [5, 5.41) is 3.52. The summed E-state index contributed by atoms with van der Waals surface area (Å²) < 4.78 is 5.82. The Balaban J connectivity index is 0.00000364. The van der Waals surface area contributed by atoms with E-state index >= 15 is 0 Å². The molecule has 0 aromatic heterocycles. The van der Waals surface area contributed by atoms with Crippen LogP contribution in [0.1, 0.15) is 31.2 Å². The van der Waals surface area contributed by atoms with Gasteiger partial charge in [-0.3, -0.25) is 4.79 Å². The predicted molar refractivity (Wildman–Crippen MR) is 121 cm³/mol. The lowest BCUT2D eigenvalue weighted by molar-refractivity contribution is -0.127. The molecule has 152 valence electrons. The fraction of sp³-hybridized carbons (Fsp3) is 0.600. The molecule has 6 nitrogen and oxygen atoms in total. The first-order chi connectivity index (χ1) is 12.5. The van der Waals surface area contributed by atoms with E-state index in [0.29, 0.717) is 19.2 Å². The lowest BCUT2D eigenvalue weighted by Gasteiger charge is -2.25. The number of aliphatic imine (C=N–C) groups is 1. The molecule has 0 unspecified atom stereocenters. The second-order valence-corrected chi connectivity index (χ2v) is 7.14. The smallest absolute Gasteiger partial charge is 0.243 e. The molecule has 0 spiro atoms. The van der Waals surface area contributed by atoms with Crippen molar-refractivity contribution in [3.8, 4) is 5.75 Å². The summed E-state index contributed by atoms with van der Waals surface area (Å²) in [6.07, 6.45) is 4.83. The zero-order valence-electron chi connectivity index (χ0n) is 16.9. The van der Waals surface area contributed by atoms with Gasteiger partial charge in [0.2, 0.25) is 5.91 Å². The van der Waals surface area contributed by atoms with Crippen LogP contribution in [0.3, 0.4) is 0 Å². The van der Waals surface area contributed by atoms with Crippen molar-refractivity contribution in [3.05, 3.63) is 29.8 Å². The highest BCUT2D eigenvalue weighted by Crippen LogP contribution is 2.18. The molecule has 0 radical (unpaired) electrons. The van der Waals surface area contributed by atoms with E-state index in [0.717, 1.165) is 24.6 Å². The largest absolute Gasteiger partial charge is 0.492 e. The van der Waals surface area contributed by atoms with E-state index in [1.807, 2.05) is 36.2 Å². The van der Waals surface area contributed by atoms with Crippen molar-refractivity contribution in [2.75, 3.05) is 40.8 Å². The summed E-state index contributed by atoms with van der Waals surface area (Å²) in [5.41, 5.74) is 1.22. The van der Waals surface area contributed by atoms with Crippen LogP contribution in [0.25, 0.3) is 0 Å². The molecule has 0 bridgehead atoms. The number of amides is 1. The van der Waals surface area contributed by atoms with E-state index < -0.39 is 0 Å². The van der Waals surface area contributed by atoms with Gasteiger partial charge in [0.15, 0.2) is 5.96 Å².